The molecule has 4 rings (SSSR count). The minimum atomic E-state index is -0.483. The average molecular weight is 462 g/mol. The number of halogens is 2. The Morgan fingerprint density at radius 3 is 2.62 bits per heavy atom. The predicted molar refractivity (Wildman–Crippen MR) is 118 cm³/mol. The minimum Gasteiger partial charge on any atom is -0.487 e. The quantitative estimate of drug-likeness (QED) is 0.675. The molecule has 2 aliphatic rings. The lowest BCUT2D eigenvalue weighted by Gasteiger charge is -2.38. The van der Waals surface area contributed by atoms with Crippen LogP contribution in [0.3, 0.4) is 0 Å². The zero-order chi connectivity index (χ0) is 23.0. The molecule has 2 aliphatic heterocycles. The number of likely N-dealkylation sites (tertiary alicyclic amines) is 1. The first-order chi connectivity index (χ1) is 15.3. The lowest BCUT2D eigenvalue weighted by Crippen LogP contribution is -2.54. The third kappa shape index (κ3) is 4.41. The summed E-state index contributed by atoms with van der Waals surface area (Å²) >= 11 is 6.17. The first-order valence-electron chi connectivity index (χ1n) is 10.3. The fraction of sp³-hybridized carbons (Fsp3) is 0.409. The standard InChI is InChI=1S/C22H25ClFN5O3/c1-12-20(23)13(2)27-21(26-12)17-10-29(11-18(17)25)22(31)16-4-3-14(24)7-19(16)32-15-8-28(9-15)5-6-30/h3-4,7,15,30H,5-6,8-11,25H2,1-2H3. The largest absolute Gasteiger partial charge is 0.487 e. The number of aromatic nitrogens is 2. The number of aryl methyl sites for hydroxylation is 2. The molecule has 170 valence electrons. The summed E-state index contributed by atoms with van der Waals surface area (Å²) in [6.07, 6.45) is -0.166. The number of rotatable bonds is 6. The van der Waals surface area contributed by atoms with Gasteiger partial charge in [0.15, 0.2) is 5.82 Å². The molecule has 1 aromatic heterocycles. The summed E-state index contributed by atoms with van der Waals surface area (Å²) in [5, 5.41) is 9.51. The lowest BCUT2D eigenvalue weighted by atomic mass is 10.1. The molecule has 3 heterocycles. The van der Waals surface area contributed by atoms with Crippen LogP contribution in [0.4, 0.5) is 4.39 Å². The van der Waals surface area contributed by atoms with Crippen LogP contribution in [0, 0.1) is 19.7 Å². The van der Waals surface area contributed by atoms with Gasteiger partial charge >= 0.3 is 0 Å². The van der Waals surface area contributed by atoms with Gasteiger partial charge in [-0.25, -0.2) is 14.4 Å². The Morgan fingerprint density at radius 1 is 1.28 bits per heavy atom. The van der Waals surface area contributed by atoms with Crippen molar-refractivity contribution in [1.29, 1.82) is 0 Å². The third-order valence-corrected chi connectivity index (χ3v) is 6.19. The number of benzene rings is 1. The number of carbonyl (C=O) groups excluding carboxylic acids is 1. The molecule has 1 fully saturated rings. The van der Waals surface area contributed by atoms with E-state index < -0.39 is 5.82 Å². The molecule has 0 atom stereocenters. The number of hydrogen-bond acceptors (Lipinski definition) is 7. The van der Waals surface area contributed by atoms with E-state index in [1.54, 1.807) is 18.7 Å². The second-order valence-electron chi connectivity index (χ2n) is 8.06. The molecule has 8 nitrogen and oxygen atoms in total. The number of β-amino-alcohol motifs (C(OH)–C–C–N with tert-alkyl or cyclic N) is 1. The maximum Gasteiger partial charge on any atom is 0.258 e. The molecule has 3 N–H and O–H groups in total. The van der Waals surface area contributed by atoms with Crippen molar-refractivity contribution in [3.63, 3.8) is 0 Å². The van der Waals surface area contributed by atoms with E-state index in [2.05, 4.69) is 9.97 Å². The van der Waals surface area contributed by atoms with Crippen LogP contribution in [0.1, 0.15) is 27.6 Å². The topological polar surface area (TPSA) is 105 Å². The van der Waals surface area contributed by atoms with Crippen molar-refractivity contribution >= 4 is 23.1 Å². The molecule has 10 heteroatoms. The Bertz CT molecular complexity index is 1060. The molecule has 32 heavy (non-hydrogen) atoms. The van der Waals surface area contributed by atoms with E-state index >= 15 is 0 Å². The summed E-state index contributed by atoms with van der Waals surface area (Å²) < 4.78 is 19.8. The van der Waals surface area contributed by atoms with Gasteiger partial charge in [-0.3, -0.25) is 9.69 Å². The van der Waals surface area contributed by atoms with Crippen LogP contribution >= 0.6 is 11.6 Å². The van der Waals surface area contributed by atoms with E-state index in [0.29, 0.717) is 53.1 Å². The van der Waals surface area contributed by atoms with Gasteiger partial charge in [0.25, 0.3) is 5.91 Å². The van der Waals surface area contributed by atoms with Gasteiger partial charge < -0.3 is 20.5 Å². The van der Waals surface area contributed by atoms with Crippen LogP contribution in [0.2, 0.25) is 5.02 Å². The Hall–Kier alpha value is -2.75. The van der Waals surface area contributed by atoms with E-state index in [-0.39, 0.29) is 43.0 Å². The summed E-state index contributed by atoms with van der Waals surface area (Å²) in [7, 11) is 0. The van der Waals surface area contributed by atoms with Crippen molar-refractivity contribution in [2.75, 3.05) is 39.3 Å². The van der Waals surface area contributed by atoms with Gasteiger partial charge in [-0.1, -0.05) is 11.6 Å². The summed E-state index contributed by atoms with van der Waals surface area (Å²) in [4.78, 5) is 25.7. The monoisotopic (exact) mass is 461 g/mol. The summed E-state index contributed by atoms with van der Waals surface area (Å²) in [5.41, 5.74) is 8.96. The van der Waals surface area contributed by atoms with Gasteiger partial charge in [0, 0.05) is 37.0 Å². The van der Waals surface area contributed by atoms with Gasteiger partial charge in [-0.15, -0.1) is 0 Å². The average Bonchev–Trinajstić information content (AvgIpc) is 3.11. The van der Waals surface area contributed by atoms with Crippen molar-refractivity contribution in [2.24, 2.45) is 5.73 Å². The summed E-state index contributed by atoms with van der Waals surface area (Å²) in [6.45, 7) is 5.87. The third-order valence-electron chi connectivity index (χ3n) is 5.65. The van der Waals surface area contributed by atoms with Crippen LogP contribution in [0.5, 0.6) is 5.75 Å². The lowest BCUT2D eigenvalue weighted by molar-refractivity contribution is 0.00991. The molecule has 1 aromatic carbocycles. The van der Waals surface area contributed by atoms with E-state index in [4.69, 9.17) is 27.2 Å². The van der Waals surface area contributed by atoms with Crippen molar-refractivity contribution in [3.8, 4) is 5.75 Å². The highest BCUT2D eigenvalue weighted by atomic mass is 35.5. The number of carbonyl (C=O) groups is 1. The van der Waals surface area contributed by atoms with Crippen molar-refractivity contribution in [3.05, 3.63) is 57.5 Å². The number of ether oxygens (including phenoxy) is 1. The second kappa shape index (κ2) is 9.01. The smallest absolute Gasteiger partial charge is 0.258 e. The van der Waals surface area contributed by atoms with Gasteiger partial charge in [0.05, 0.1) is 41.7 Å². The molecule has 1 amide bonds. The molecule has 0 radical (unpaired) electrons. The van der Waals surface area contributed by atoms with Crippen LogP contribution in [-0.2, 0) is 0 Å². The first kappa shape index (κ1) is 22.4. The summed E-state index contributed by atoms with van der Waals surface area (Å²) in [6, 6.07) is 3.89. The molecule has 0 aliphatic carbocycles. The number of nitrogens with zero attached hydrogens (tertiary/aromatic N) is 4. The van der Waals surface area contributed by atoms with Crippen molar-refractivity contribution < 1.29 is 19.0 Å². The van der Waals surface area contributed by atoms with Crippen LogP contribution < -0.4 is 10.5 Å². The van der Waals surface area contributed by atoms with E-state index in [1.807, 2.05) is 4.90 Å². The number of nitrogens with two attached hydrogens (primary N) is 1. The maximum absolute atomic E-state index is 13.9. The number of aliphatic hydroxyl groups excluding tert-OH is 1. The molecule has 0 unspecified atom stereocenters. The van der Waals surface area contributed by atoms with Crippen LogP contribution in [0.25, 0.3) is 5.57 Å². The Balaban J connectivity index is 1.51. The van der Waals surface area contributed by atoms with E-state index in [1.165, 1.54) is 18.2 Å². The normalized spacial score (nSPS) is 17.1. The maximum atomic E-state index is 13.9. The highest BCUT2D eigenvalue weighted by Crippen LogP contribution is 2.29. The Labute approximate surface area is 190 Å². The highest BCUT2D eigenvalue weighted by molar-refractivity contribution is 6.31. The second-order valence-corrected chi connectivity index (χ2v) is 8.44. The molecule has 1 saturated heterocycles. The van der Waals surface area contributed by atoms with E-state index in [9.17, 15) is 9.18 Å². The SMILES string of the molecule is Cc1nc(C2=C(N)CN(C(=O)c3ccc(F)cc3OC3CN(CCO)C3)C2)nc(C)c1Cl. The van der Waals surface area contributed by atoms with Gasteiger partial charge in [-0.2, -0.15) is 0 Å². The zero-order valence-electron chi connectivity index (χ0n) is 17.9. The Morgan fingerprint density at radius 2 is 1.97 bits per heavy atom. The predicted octanol–water partition coefficient (Wildman–Crippen LogP) is 1.77. The fourth-order valence-corrected chi connectivity index (χ4v) is 3.97. The van der Waals surface area contributed by atoms with Gasteiger partial charge in [-0.05, 0) is 26.0 Å². The minimum absolute atomic E-state index is 0.0680. The summed E-state index contributed by atoms with van der Waals surface area (Å²) in [5.74, 6) is -0.147. The van der Waals surface area contributed by atoms with Crippen molar-refractivity contribution in [1.82, 2.24) is 19.8 Å². The van der Waals surface area contributed by atoms with Crippen molar-refractivity contribution in [2.45, 2.75) is 20.0 Å². The molecule has 0 saturated carbocycles. The number of amides is 1. The van der Waals surface area contributed by atoms with E-state index in [0.717, 1.165) is 0 Å². The fourth-order valence-electron chi connectivity index (χ4n) is 3.89. The van der Waals surface area contributed by atoms with Crippen LogP contribution in [-0.4, -0.2) is 76.2 Å². The molecular weight excluding hydrogens is 437 g/mol. The number of aliphatic hydroxyl groups is 1. The van der Waals surface area contributed by atoms with Gasteiger partial charge in [0.1, 0.15) is 17.7 Å². The molecule has 0 spiro atoms. The van der Waals surface area contributed by atoms with Crippen LogP contribution in [0.15, 0.2) is 23.9 Å². The molecule has 2 aromatic rings. The zero-order valence-corrected chi connectivity index (χ0v) is 18.7. The molecular formula is C22H25ClFN5O3. The first-order valence-corrected chi connectivity index (χ1v) is 10.7. The number of hydrogen-bond donors (Lipinski definition) is 2. The molecule has 0 bridgehead atoms. The highest BCUT2D eigenvalue weighted by Gasteiger charge is 2.32. The van der Waals surface area contributed by atoms with Gasteiger partial charge in [0.2, 0.25) is 0 Å². The Kier molecular flexibility index (Phi) is 6.32.